The number of rotatable bonds is 2. The van der Waals surface area contributed by atoms with Gasteiger partial charge in [0.1, 0.15) is 6.10 Å². The molecule has 0 amide bonds. The second-order valence-electron chi connectivity index (χ2n) is 7.90. The summed E-state index contributed by atoms with van der Waals surface area (Å²) in [6.45, 7) is 5.49. The van der Waals surface area contributed by atoms with Gasteiger partial charge in [-0.25, -0.2) is 0 Å². The Kier molecular flexibility index (Phi) is 2.78. The Morgan fingerprint density at radius 1 is 1.42 bits per heavy atom. The Hall–Kier alpha value is -1.59. The molecule has 2 saturated heterocycles. The summed E-state index contributed by atoms with van der Waals surface area (Å²) >= 11 is 0. The van der Waals surface area contributed by atoms with Crippen LogP contribution >= 0.6 is 0 Å². The number of piperidine rings is 1. The van der Waals surface area contributed by atoms with E-state index in [1.807, 2.05) is 6.08 Å². The van der Waals surface area contributed by atoms with Crippen LogP contribution < -0.4 is 0 Å². The maximum Gasteiger partial charge on any atom is 0.205 e. The summed E-state index contributed by atoms with van der Waals surface area (Å²) in [5.41, 5.74) is 0.741. The number of carbonyl (C=O) groups is 1. The van der Waals surface area contributed by atoms with Gasteiger partial charge >= 0.3 is 0 Å². The van der Waals surface area contributed by atoms with Crippen LogP contribution in [-0.4, -0.2) is 51.7 Å². The van der Waals surface area contributed by atoms with Gasteiger partial charge in [0.05, 0.1) is 11.0 Å². The number of nitrogens with zero attached hydrogens (tertiary/aromatic N) is 1. The summed E-state index contributed by atoms with van der Waals surface area (Å²) in [5.74, 6) is -0.105. The standard InChI is InChI=1S/C19H23NO4/c1-2-7-20-8-6-18-14-4-3-5-19(18,23)13(20)10-11-9-12(21)16(22)17(24-14)15(11)18/h2,13-14,22-23H,1,3-10H2/t13-,14?,18-,19-/m1/s1. The highest BCUT2D eigenvalue weighted by molar-refractivity contribution is 5.98. The number of allylic oxidation sites excluding steroid dienone is 2. The molecular formula is C19H23NO4. The molecule has 128 valence electrons. The summed E-state index contributed by atoms with van der Waals surface area (Å²) in [6, 6.07) is 0.00166. The average molecular weight is 329 g/mol. The maximum atomic E-state index is 12.2. The molecule has 3 fully saturated rings. The van der Waals surface area contributed by atoms with E-state index in [0.717, 1.165) is 49.9 Å². The summed E-state index contributed by atoms with van der Waals surface area (Å²) in [7, 11) is 0. The number of hydrogen-bond donors (Lipinski definition) is 2. The third kappa shape index (κ3) is 1.43. The first-order valence-corrected chi connectivity index (χ1v) is 8.96. The second kappa shape index (κ2) is 4.52. The lowest BCUT2D eigenvalue weighted by Gasteiger charge is -2.63. The van der Waals surface area contributed by atoms with Gasteiger partial charge in [0.2, 0.25) is 11.5 Å². The van der Waals surface area contributed by atoms with Crippen LogP contribution in [0.25, 0.3) is 0 Å². The summed E-state index contributed by atoms with van der Waals surface area (Å²) < 4.78 is 6.12. The topological polar surface area (TPSA) is 70.0 Å². The number of carbonyl (C=O) groups excluding carboxylic acids is 1. The lowest BCUT2D eigenvalue weighted by molar-refractivity contribution is -0.205. The minimum absolute atomic E-state index is 0.00166. The molecule has 2 N–H and O–H groups in total. The molecule has 2 bridgehead atoms. The Labute approximate surface area is 141 Å². The van der Waals surface area contributed by atoms with Gasteiger partial charge in [0, 0.05) is 24.6 Å². The first kappa shape index (κ1) is 14.7. The van der Waals surface area contributed by atoms with Gasteiger partial charge in [0.15, 0.2) is 5.76 Å². The quantitative estimate of drug-likeness (QED) is 0.758. The monoisotopic (exact) mass is 329 g/mol. The van der Waals surface area contributed by atoms with E-state index in [9.17, 15) is 15.0 Å². The fourth-order valence-corrected chi connectivity index (χ4v) is 6.22. The van der Waals surface area contributed by atoms with Crippen LogP contribution in [0.1, 0.15) is 38.5 Å². The zero-order chi connectivity index (χ0) is 16.7. The van der Waals surface area contributed by atoms with E-state index in [0.29, 0.717) is 12.2 Å². The Morgan fingerprint density at radius 3 is 3.04 bits per heavy atom. The minimum atomic E-state index is -0.849. The Balaban J connectivity index is 1.76. The SMILES string of the molecule is C=CCN1CC[C@]23C4=C5CC(=O)C(O)=C4OC2CCC[C@@]3(O)[C@H]1C5. The van der Waals surface area contributed by atoms with Gasteiger partial charge < -0.3 is 14.9 Å². The highest BCUT2D eigenvalue weighted by Crippen LogP contribution is 2.68. The summed E-state index contributed by atoms with van der Waals surface area (Å²) in [6.07, 6.45) is 6.05. The van der Waals surface area contributed by atoms with Crippen molar-refractivity contribution in [2.24, 2.45) is 5.41 Å². The number of aliphatic hydroxyl groups excluding tert-OH is 1. The molecule has 4 atom stereocenters. The van der Waals surface area contributed by atoms with Crippen molar-refractivity contribution in [1.29, 1.82) is 0 Å². The molecule has 3 aliphatic carbocycles. The fourth-order valence-electron chi connectivity index (χ4n) is 6.22. The number of ketones is 1. The maximum absolute atomic E-state index is 12.2. The van der Waals surface area contributed by atoms with Crippen molar-refractivity contribution in [1.82, 2.24) is 4.90 Å². The largest absolute Gasteiger partial charge is 0.502 e. The van der Waals surface area contributed by atoms with Gasteiger partial charge in [-0.1, -0.05) is 11.6 Å². The number of likely N-dealkylation sites (tertiary alicyclic amines) is 1. The van der Waals surface area contributed by atoms with Crippen LogP contribution in [0.4, 0.5) is 0 Å². The molecule has 1 saturated carbocycles. The molecule has 0 aromatic heterocycles. The third-order valence-corrected chi connectivity index (χ3v) is 7.08. The van der Waals surface area contributed by atoms with E-state index in [1.165, 1.54) is 0 Å². The van der Waals surface area contributed by atoms with E-state index in [1.54, 1.807) is 0 Å². The molecular weight excluding hydrogens is 306 g/mol. The molecule has 1 spiro atoms. The molecule has 0 radical (unpaired) electrons. The highest BCUT2D eigenvalue weighted by Gasteiger charge is 2.72. The molecule has 2 aliphatic heterocycles. The third-order valence-electron chi connectivity index (χ3n) is 7.08. The van der Waals surface area contributed by atoms with Crippen LogP contribution in [-0.2, 0) is 9.53 Å². The van der Waals surface area contributed by atoms with Gasteiger partial charge in [-0.3, -0.25) is 9.69 Å². The first-order chi connectivity index (χ1) is 11.5. The summed E-state index contributed by atoms with van der Waals surface area (Å²) in [4.78, 5) is 14.5. The van der Waals surface area contributed by atoms with E-state index >= 15 is 0 Å². The van der Waals surface area contributed by atoms with E-state index in [4.69, 9.17) is 4.74 Å². The highest BCUT2D eigenvalue weighted by atomic mass is 16.5. The predicted octanol–water partition coefficient (Wildman–Crippen LogP) is 1.99. The molecule has 24 heavy (non-hydrogen) atoms. The van der Waals surface area contributed by atoms with Gasteiger partial charge in [-0.2, -0.15) is 0 Å². The van der Waals surface area contributed by atoms with Crippen LogP contribution in [0.2, 0.25) is 0 Å². The zero-order valence-corrected chi connectivity index (χ0v) is 13.8. The molecule has 0 aromatic rings. The molecule has 5 heteroatoms. The molecule has 2 heterocycles. The van der Waals surface area contributed by atoms with Crippen LogP contribution in [0.15, 0.2) is 35.3 Å². The molecule has 5 rings (SSSR count). The zero-order valence-electron chi connectivity index (χ0n) is 13.8. The van der Waals surface area contributed by atoms with Gasteiger partial charge in [-0.15, -0.1) is 6.58 Å². The van der Waals surface area contributed by atoms with Crippen molar-refractivity contribution < 1.29 is 19.7 Å². The van der Waals surface area contributed by atoms with Crippen LogP contribution in [0.3, 0.4) is 0 Å². The Morgan fingerprint density at radius 2 is 2.25 bits per heavy atom. The Bertz CT molecular complexity index is 723. The molecule has 5 nitrogen and oxygen atoms in total. The second-order valence-corrected chi connectivity index (χ2v) is 7.90. The first-order valence-electron chi connectivity index (χ1n) is 8.96. The normalized spacial score (nSPS) is 43.6. The van der Waals surface area contributed by atoms with Crippen molar-refractivity contribution in [2.75, 3.05) is 13.1 Å². The van der Waals surface area contributed by atoms with Gasteiger partial charge in [0.25, 0.3) is 0 Å². The van der Waals surface area contributed by atoms with Crippen LogP contribution in [0.5, 0.6) is 0 Å². The molecule has 5 aliphatic rings. The van der Waals surface area contributed by atoms with E-state index < -0.39 is 11.0 Å². The van der Waals surface area contributed by atoms with Crippen LogP contribution in [0, 0.1) is 5.41 Å². The average Bonchev–Trinajstić information content (AvgIpc) is 2.88. The van der Waals surface area contributed by atoms with E-state index in [-0.39, 0.29) is 30.1 Å². The minimum Gasteiger partial charge on any atom is -0.502 e. The van der Waals surface area contributed by atoms with E-state index in [2.05, 4.69) is 11.5 Å². The number of hydrogen-bond acceptors (Lipinski definition) is 5. The lowest BCUT2D eigenvalue weighted by atomic mass is 9.48. The van der Waals surface area contributed by atoms with Crippen molar-refractivity contribution in [3.05, 3.63) is 35.3 Å². The van der Waals surface area contributed by atoms with Crippen molar-refractivity contribution >= 4 is 5.78 Å². The summed E-state index contributed by atoms with van der Waals surface area (Å²) in [5, 5.41) is 22.2. The van der Waals surface area contributed by atoms with Crippen molar-refractivity contribution in [3.63, 3.8) is 0 Å². The molecule has 1 unspecified atom stereocenters. The fraction of sp³-hybridized carbons (Fsp3) is 0.632. The smallest absolute Gasteiger partial charge is 0.205 e. The van der Waals surface area contributed by atoms with Crippen molar-refractivity contribution in [3.8, 4) is 0 Å². The predicted molar refractivity (Wildman–Crippen MR) is 87.2 cm³/mol. The van der Waals surface area contributed by atoms with Gasteiger partial charge in [-0.05, 0) is 38.6 Å². The lowest BCUT2D eigenvalue weighted by Crippen LogP contribution is -2.72. The number of ether oxygens (including phenoxy) is 1. The van der Waals surface area contributed by atoms with Crippen molar-refractivity contribution in [2.45, 2.75) is 56.3 Å². The number of Topliss-reactive ketones (excluding diaryl/α,β-unsaturated/α-hetero) is 1. The molecule has 0 aromatic carbocycles. The number of aliphatic hydroxyl groups is 2.